The third-order valence-corrected chi connectivity index (χ3v) is 6.79. The number of hydrogen-bond acceptors (Lipinski definition) is 7. The Morgan fingerprint density at radius 3 is 2.82 bits per heavy atom. The average molecular weight is 403 g/mol. The van der Waals surface area contributed by atoms with Crippen LogP contribution in [0.15, 0.2) is 35.4 Å². The number of sulfone groups is 1. The number of ether oxygens (including phenoxy) is 1. The standard InChI is InChI=1S/C20H26N4O3S/c1-23(2)19-21-10-16-12-27-14-20(18(16)22-19)8-9-24(13-20)11-15-6-4-5-7-17(15)28(3,25)26/h4-7,10H,8-9,11-14H2,1-3H3/t20-/m0/s1. The number of rotatable bonds is 4. The van der Waals surface area contributed by atoms with E-state index in [1.807, 2.05) is 37.3 Å². The van der Waals surface area contributed by atoms with Gasteiger partial charge in [-0.3, -0.25) is 4.90 Å². The molecule has 0 saturated carbocycles. The van der Waals surface area contributed by atoms with E-state index in [4.69, 9.17) is 9.72 Å². The highest BCUT2D eigenvalue weighted by Crippen LogP contribution is 2.40. The molecule has 1 aromatic carbocycles. The lowest BCUT2D eigenvalue weighted by Crippen LogP contribution is -2.40. The topological polar surface area (TPSA) is 75.6 Å². The van der Waals surface area contributed by atoms with Crippen LogP contribution in [0.25, 0.3) is 0 Å². The van der Waals surface area contributed by atoms with Crippen molar-refractivity contribution in [3.63, 3.8) is 0 Å². The van der Waals surface area contributed by atoms with Crippen molar-refractivity contribution in [2.45, 2.75) is 29.9 Å². The van der Waals surface area contributed by atoms with E-state index in [9.17, 15) is 8.42 Å². The zero-order chi connectivity index (χ0) is 19.9. The summed E-state index contributed by atoms with van der Waals surface area (Å²) in [7, 11) is 0.633. The second kappa shape index (κ2) is 7.09. The molecule has 0 radical (unpaired) electrons. The normalized spacial score (nSPS) is 22.4. The largest absolute Gasteiger partial charge is 0.376 e. The second-order valence-electron chi connectivity index (χ2n) is 8.05. The van der Waals surface area contributed by atoms with Crippen molar-refractivity contribution in [1.82, 2.24) is 14.9 Å². The summed E-state index contributed by atoms with van der Waals surface area (Å²) in [6, 6.07) is 7.26. The van der Waals surface area contributed by atoms with E-state index in [-0.39, 0.29) is 5.41 Å². The van der Waals surface area contributed by atoms with Crippen LogP contribution in [-0.2, 0) is 33.1 Å². The van der Waals surface area contributed by atoms with E-state index in [1.165, 1.54) is 6.26 Å². The molecule has 2 aromatic rings. The lowest BCUT2D eigenvalue weighted by Gasteiger charge is -2.35. The van der Waals surface area contributed by atoms with Crippen molar-refractivity contribution in [2.75, 3.05) is 44.9 Å². The molecule has 28 heavy (non-hydrogen) atoms. The summed E-state index contributed by atoms with van der Waals surface area (Å²) >= 11 is 0. The Kier molecular flexibility index (Phi) is 4.89. The van der Waals surface area contributed by atoms with Crippen LogP contribution >= 0.6 is 0 Å². The fraction of sp³-hybridized carbons (Fsp3) is 0.500. The Labute approximate surface area is 166 Å². The molecular weight excluding hydrogens is 376 g/mol. The first-order valence-corrected chi connectivity index (χ1v) is 11.3. The van der Waals surface area contributed by atoms with Crippen molar-refractivity contribution in [3.8, 4) is 0 Å². The molecule has 8 heteroatoms. The summed E-state index contributed by atoms with van der Waals surface area (Å²) in [5, 5.41) is 0. The number of benzene rings is 1. The first-order valence-electron chi connectivity index (χ1n) is 9.40. The van der Waals surface area contributed by atoms with Crippen LogP contribution in [0.2, 0.25) is 0 Å². The fourth-order valence-corrected chi connectivity index (χ4v) is 5.18. The van der Waals surface area contributed by atoms with Gasteiger partial charge in [-0.15, -0.1) is 0 Å². The summed E-state index contributed by atoms with van der Waals surface area (Å²) in [5.74, 6) is 0.709. The van der Waals surface area contributed by atoms with Crippen LogP contribution in [0.1, 0.15) is 23.2 Å². The number of likely N-dealkylation sites (tertiary alicyclic amines) is 1. The number of anilines is 1. The van der Waals surface area contributed by atoms with Crippen LogP contribution < -0.4 is 4.90 Å². The fourth-order valence-electron chi connectivity index (χ4n) is 4.24. The van der Waals surface area contributed by atoms with Gasteiger partial charge in [0.15, 0.2) is 9.84 Å². The highest BCUT2D eigenvalue weighted by atomic mass is 32.2. The predicted molar refractivity (Wildman–Crippen MR) is 107 cm³/mol. The van der Waals surface area contributed by atoms with Gasteiger partial charge in [-0.05, 0) is 24.6 Å². The maximum atomic E-state index is 12.1. The van der Waals surface area contributed by atoms with E-state index in [0.717, 1.165) is 36.3 Å². The summed E-state index contributed by atoms with van der Waals surface area (Å²) in [6.07, 6.45) is 4.08. The van der Waals surface area contributed by atoms with Crippen LogP contribution in [0.5, 0.6) is 0 Å². The molecule has 0 unspecified atom stereocenters. The van der Waals surface area contributed by atoms with Crippen molar-refractivity contribution in [3.05, 3.63) is 47.3 Å². The van der Waals surface area contributed by atoms with E-state index in [1.54, 1.807) is 12.1 Å². The van der Waals surface area contributed by atoms with E-state index in [2.05, 4.69) is 9.88 Å². The maximum absolute atomic E-state index is 12.1. The zero-order valence-electron chi connectivity index (χ0n) is 16.6. The van der Waals surface area contributed by atoms with Crippen molar-refractivity contribution >= 4 is 15.8 Å². The molecule has 4 rings (SSSR count). The molecule has 1 atom stereocenters. The molecule has 2 aliphatic rings. The monoisotopic (exact) mass is 402 g/mol. The highest BCUT2D eigenvalue weighted by molar-refractivity contribution is 7.90. The second-order valence-corrected chi connectivity index (χ2v) is 10.0. The first kappa shape index (κ1) is 19.3. The van der Waals surface area contributed by atoms with E-state index in [0.29, 0.717) is 30.6 Å². The third-order valence-electron chi connectivity index (χ3n) is 5.59. The Bertz CT molecular complexity index is 993. The Morgan fingerprint density at radius 1 is 1.29 bits per heavy atom. The predicted octanol–water partition coefficient (Wildman–Crippen LogP) is 1.62. The van der Waals surface area contributed by atoms with Crippen LogP contribution in [-0.4, -0.2) is 63.3 Å². The van der Waals surface area contributed by atoms with Gasteiger partial charge in [-0.2, -0.15) is 0 Å². The van der Waals surface area contributed by atoms with Gasteiger partial charge in [-0.1, -0.05) is 18.2 Å². The lowest BCUT2D eigenvalue weighted by molar-refractivity contribution is 0.0502. The molecule has 0 bridgehead atoms. The molecule has 0 aliphatic carbocycles. The molecule has 3 heterocycles. The average Bonchev–Trinajstić information content (AvgIpc) is 3.04. The minimum absolute atomic E-state index is 0.165. The highest BCUT2D eigenvalue weighted by Gasteiger charge is 2.45. The van der Waals surface area contributed by atoms with Crippen molar-refractivity contribution in [1.29, 1.82) is 0 Å². The SMILES string of the molecule is CN(C)c1ncc2c(n1)[C@]1(CCN(Cc3ccccc3S(C)(=O)=O)C1)COC2. The van der Waals surface area contributed by atoms with E-state index >= 15 is 0 Å². The van der Waals surface area contributed by atoms with Crippen LogP contribution in [0.4, 0.5) is 5.95 Å². The molecule has 1 fully saturated rings. The van der Waals surface area contributed by atoms with Gasteiger partial charge in [-0.25, -0.2) is 18.4 Å². The van der Waals surface area contributed by atoms with Crippen LogP contribution in [0, 0.1) is 0 Å². The molecule has 7 nitrogen and oxygen atoms in total. The maximum Gasteiger partial charge on any atom is 0.225 e. The van der Waals surface area contributed by atoms with E-state index < -0.39 is 9.84 Å². The summed E-state index contributed by atoms with van der Waals surface area (Å²) < 4.78 is 30.1. The minimum Gasteiger partial charge on any atom is -0.376 e. The van der Waals surface area contributed by atoms with Gasteiger partial charge in [0.2, 0.25) is 5.95 Å². The first-order chi connectivity index (χ1) is 13.3. The molecule has 150 valence electrons. The van der Waals surface area contributed by atoms with Gasteiger partial charge < -0.3 is 9.64 Å². The number of nitrogens with zero attached hydrogens (tertiary/aromatic N) is 4. The Morgan fingerprint density at radius 2 is 2.07 bits per heavy atom. The van der Waals surface area contributed by atoms with Gasteiger partial charge in [0.1, 0.15) is 0 Å². The molecule has 0 amide bonds. The number of hydrogen-bond donors (Lipinski definition) is 0. The zero-order valence-corrected chi connectivity index (χ0v) is 17.4. The number of aromatic nitrogens is 2. The third kappa shape index (κ3) is 3.52. The molecule has 2 aliphatic heterocycles. The molecule has 1 saturated heterocycles. The smallest absolute Gasteiger partial charge is 0.225 e. The summed E-state index contributed by atoms with van der Waals surface area (Å²) in [4.78, 5) is 13.9. The Balaban J connectivity index is 1.62. The van der Waals surface area contributed by atoms with Gasteiger partial charge in [0, 0.05) is 45.2 Å². The van der Waals surface area contributed by atoms with Gasteiger partial charge in [0.25, 0.3) is 0 Å². The van der Waals surface area contributed by atoms with Gasteiger partial charge >= 0.3 is 0 Å². The summed E-state index contributed by atoms with van der Waals surface area (Å²) in [6.45, 7) is 3.45. The Hall–Kier alpha value is -2.03. The molecular formula is C20H26N4O3S. The lowest BCUT2D eigenvalue weighted by atomic mass is 9.80. The quantitative estimate of drug-likeness (QED) is 0.769. The van der Waals surface area contributed by atoms with Crippen LogP contribution in [0.3, 0.4) is 0 Å². The minimum atomic E-state index is -3.25. The summed E-state index contributed by atoms with van der Waals surface area (Å²) in [5.41, 5.74) is 2.81. The number of fused-ring (bicyclic) bond motifs is 2. The molecule has 1 aromatic heterocycles. The van der Waals surface area contributed by atoms with Crippen molar-refractivity contribution in [2.24, 2.45) is 0 Å². The van der Waals surface area contributed by atoms with Gasteiger partial charge in [0.05, 0.1) is 29.2 Å². The molecule has 0 N–H and O–H groups in total. The van der Waals surface area contributed by atoms with Crippen molar-refractivity contribution < 1.29 is 13.2 Å². The molecule has 1 spiro atoms.